The number of amides is 2. The van der Waals surface area contributed by atoms with Gasteiger partial charge in [-0.05, 0) is 7.05 Å². The summed E-state index contributed by atoms with van der Waals surface area (Å²) in [6.45, 7) is 3.07. The van der Waals surface area contributed by atoms with E-state index < -0.39 is 0 Å². The summed E-state index contributed by atoms with van der Waals surface area (Å²) in [5, 5.41) is 3.10. The van der Waals surface area contributed by atoms with Gasteiger partial charge in [-0.1, -0.05) is 0 Å². The third kappa shape index (κ3) is 4.07. The van der Waals surface area contributed by atoms with Crippen LogP contribution in [0.15, 0.2) is 0 Å². The zero-order valence-electron chi connectivity index (χ0n) is 10.7. The third-order valence-corrected chi connectivity index (χ3v) is 2.94. The van der Waals surface area contributed by atoms with E-state index in [1.165, 1.54) is 11.9 Å². The van der Waals surface area contributed by atoms with Crippen molar-refractivity contribution in [2.24, 2.45) is 0 Å². The van der Waals surface area contributed by atoms with Crippen LogP contribution >= 0.6 is 0 Å². The van der Waals surface area contributed by atoms with Crippen LogP contribution in [0.5, 0.6) is 0 Å². The maximum Gasteiger partial charge on any atom is 0.246 e. The van der Waals surface area contributed by atoms with Crippen molar-refractivity contribution in [3.63, 3.8) is 0 Å². The molecule has 1 heterocycles. The van der Waals surface area contributed by atoms with Gasteiger partial charge in [-0.15, -0.1) is 0 Å². The molecule has 0 bridgehead atoms. The Morgan fingerprint density at radius 2 is 2.18 bits per heavy atom. The summed E-state index contributed by atoms with van der Waals surface area (Å²) >= 11 is 0. The minimum Gasteiger partial charge on any atom is -0.383 e. The van der Waals surface area contributed by atoms with Gasteiger partial charge in [0.2, 0.25) is 11.8 Å². The van der Waals surface area contributed by atoms with Gasteiger partial charge in [0.1, 0.15) is 0 Å². The topological polar surface area (TPSA) is 61.9 Å². The summed E-state index contributed by atoms with van der Waals surface area (Å²) in [5.41, 5.74) is 0. The number of ether oxygens (including phenoxy) is 1. The van der Waals surface area contributed by atoms with Crippen LogP contribution in [-0.4, -0.2) is 75.1 Å². The lowest BCUT2D eigenvalue weighted by Crippen LogP contribution is -2.41. The van der Waals surface area contributed by atoms with Crippen molar-refractivity contribution in [2.75, 3.05) is 47.4 Å². The SMILES string of the molecule is COCCN(C)CCNC1CC(=O)N(C)C1=O. The highest BCUT2D eigenvalue weighted by atomic mass is 16.5. The van der Waals surface area contributed by atoms with E-state index in [9.17, 15) is 9.59 Å². The van der Waals surface area contributed by atoms with Gasteiger partial charge in [0, 0.05) is 33.8 Å². The molecule has 6 nitrogen and oxygen atoms in total. The summed E-state index contributed by atoms with van der Waals surface area (Å²) in [5.74, 6) is -0.241. The summed E-state index contributed by atoms with van der Waals surface area (Å²) in [6, 6.07) is -0.344. The molecule has 0 saturated carbocycles. The fourth-order valence-corrected chi connectivity index (χ4v) is 1.70. The normalized spacial score (nSPS) is 20.7. The molecule has 1 N–H and O–H groups in total. The maximum absolute atomic E-state index is 11.6. The number of nitrogens with one attached hydrogen (secondary N) is 1. The molecule has 1 unspecified atom stereocenters. The number of hydrogen-bond donors (Lipinski definition) is 1. The van der Waals surface area contributed by atoms with Gasteiger partial charge in [0.25, 0.3) is 0 Å². The molecule has 0 aromatic rings. The molecule has 17 heavy (non-hydrogen) atoms. The molecule has 2 amide bonds. The van der Waals surface area contributed by atoms with Gasteiger partial charge < -0.3 is 15.0 Å². The number of nitrogens with zero attached hydrogens (tertiary/aromatic N) is 2. The molecule has 0 spiro atoms. The quantitative estimate of drug-likeness (QED) is 0.576. The van der Waals surface area contributed by atoms with Crippen LogP contribution < -0.4 is 5.32 Å². The van der Waals surface area contributed by atoms with Crippen molar-refractivity contribution >= 4 is 11.8 Å². The molecule has 1 rings (SSSR count). The Bertz CT molecular complexity index is 283. The lowest BCUT2D eigenvalue weighted by Gasteiger charge is -2.17. The van der Waals surface area contributed by atoms with Crippen molar-refractivity contribution < 1.29 is 14.3 Å². The highest BCUT2D eigenvalue weighted by Gasteiger charge is 2.35. The molecule has 0 aromatic heterocycles. The Labute approximate surface area is 102 Å². The highest BCUT2D eigenvalue weighted by Crippen LogP contribution is 2.09. The smallest absolute Gasteiger partial charge is 0.246 e. The van der Waals surface area contributed by atoms with Gasteiger partial charge >= 0.3 is 0 Å². The van der Waals surface area contributed by atoms with Gasteiger partial charge in [-0.2, -0.15) is 0 Å². The van der Waals surface area contributed by atoms with E-state index in [1.54, 1.807) is 7.11 Å². The second kappa shape index (κ2) is 6.68. The Morgan fingerprint density at radius 1 is 1.47 bits per heavy atom. The van der Waals surface area contributed by atoms with Crippen LogP contribution in [0.1, 0.15) is 6.42 Å². The average Bonchev–Trinajstić information content (AvgIpc) is 2.54. The van der Waals surface area contributed by atoms with E-state index in [2.05, 4.69) is 10.2 Å². The van der Waals surface area contributed by atoms with Gasteiger partial charge in [0.15, 0.2) is 0 Å². The zero-order chi connectivity index (χ0) is 12.8. The summed E-state index contributed by atoms with van der Waals surface area (Å²) < 4.78 is 4.97. The van der Waals surface area contributed by atoms with E-state index in [0.717, 1.165) is 13.1 Å². The van der Waals surface area contributed by atoms with Crippen molar-refractivity contribution in [1.82, 2.24) is 15.1 Å². The largest absolute Gasteiger partial charge is 0.383 e. The maximum atomic E-state index is 11.6. The van der Waals surface area contributed by atoms with Crippen molar-refractivity contribution in [1.29, 1.82) is 0 Å². The van der Waals surface area contributed by atoms with Crippen molar-refractivity contribution in [3.8, 4) is 0 Å². The number of imide groups is 1. The Kier molecular flexibility index (Phi) is 5.54. The second-order valence-electron chi connectivity index (χ2n) is 4.30. The summed E-state index contributed by atoms with van der Waals surface area (Å²) in [6.07, 6.45) is 0.275. The van der Waals surface area contributed by atoms with Crippen LogP contribution in [0, 0.1) is 0 Å². The third-order valence-electron chi connectivity index (χ3n) is 2.94. The lowest BCUT2D eigenvalue weighted by molar-refractivity contribution is -0.137. The van der Waals surface area contributed by atoms with Crippen LogP contribution in [0.2, 0.25) is 0 Å². The van der Waals surface area contributed by atoms with Crippen LogP contribution in [-0.2, 0) is 14.3 Å². The van der Waals surface area contributed by atoms with Crippen molar-refractivity contribution in [3.05, 3.63) is 0 Å². The number of carbonyl (C=O) groups excluding carboxylic acids is 2. The van der Waals surface area contributed by atoms with E-state index in [1.807, 2.05) is 7.05 Å². The number of likely N-dealkylation sites (N-methyl/N-ethyl adjacent to an activating group) is 2. The second-order valence-corrected chi connectivity index (χ2v) is 4.30. The molecule has 1 fully saturated rings. The molecule has 1 atom stereocenters. The Morgan fingerprint density at radius 3 is 2.71 bits per heavy atom. The van der Waals surface area contributed by atoms with Gasteiger partial charge in [0.05, 0.1) is 19.1 Å². The Balaban J connectivity index is 2.19. The number of hydrogen-bond acceptors (Lipinski definition) is 5. The molecule has 98 valence electrons. The van der Waals surface area contributed by atoms with Crippen LogP contribution in [0.4, 0.5) is 0 Å². The average molecular weight is 243 g/mol. The fourth-order valence-electron chi connectivity index (χ4n) is 1.70. The number of carbonyl (C=O) groups is 2. The number of rotatable bonds is 7. The number of likely N-dealkylation sites (tertiary alicyclic amines) is 1. The fraction of sp³-hybridized carbons (Fsp3) is 0.818. The van der Waals surface area contributed by atoms with E-state index in [4.69, 9.17) is 4.74 Å². The van der Waals surface area contributed by atoms with Crippen LogP contribution in [0.3, 0.4) is 0 Å². The molecule has 1 aliphatic heterocycles. The molecular weight excluding hydrogens is 222 g/mol. The first kappa shape index (κ1) is 14.1. The molecule has 1 aliphatic rings. The first-order chi connectivity index (χ1) is 8.06. The number of methoxy groups -OCH3 is 1. The molecule has 0 aromatic carbocycles. The minimum atomic E-state index is -0.344. The zero-order valence-corrected chi connectivity index (χ0v) is 10.7. The van der Waals surface area contributed by atoms with E-state index in [-0.39, 0.29) is 24.3 Å². The predicted octanol–water partition coefficient (Wildman–Crippen LogP) is -1.09. The van der Waals surface area contributed by atoms with Crippen LogP contribution in [0.25, 0.3) is 0 Å². The highest BCUT2D eigenvalue weighted by molar-refractivity contribution is 6.05. The molecule has 0 aliphatic carbocycles. The first-order valence-corrected chi connectivity index (χ1v) is 5.77. The summed E-state index contributed by atoms with van der Waals surface area (Å²) in [7, 11) is 5.19. The van der Waals surface area contributed by atoms with Crippen molar-refractivity contribution in [2.45, 2.75) is 12.5 Å². The lowest BCUT2D eigenvalue weighted by atomic mass is 10.2. The van der Waals surface area contributed by atoms with Gasteiger partial charge in [-0.3, -0.25) is 14.5 Å². The van der Waals surface area contributed by atoms with Gasteiger partial charge in [-0.25, -0.2) is 0 Å². The standard InChI is InChI=1S/C11H21N3O3/c1-13(6-7-17-3)5-4-12-9-8-10(15)14(2)11(9)16/h9,12H,4-8H2,1-3H3. The molecular formula is C11H21N3O3. The molecule has 0 radical (unpaired) electrons. The molecule has 1 saturated heterocycles. The monoisotopic (exact) mass is 243 g/mol. The van der Waals surface area contributed by atoms with E-state index >= 15 is 0 Å². The van der Waals surface area contributed by atoms with E-state index in [0.29, 0.717) is 13.2 Å². The minimum absolute atomic E-state index is 0.111. The summed E-state index contributed by atoms with van der Waals surface area (Å²) in [4.78, 5) is 26.1. The first-order valence-electron chi connectivity index (χ1n) is 5.77. The Hall–Kier alpha value is -0.980. The predicted molar refractivity (Wildman–Crippen MR) is 63.6 cm³/mol. The molecule has 6 heteroatoms.